The van der Waals surface area contributed by atoms with Crippen LogP contribution in [0.2, 0.25) is 5.02 Å². The molecule has 0 N–H and O–H groups in total. The first kappa shape index (κ1) is 34.5. The maximum Gasteiger partial charge on any atom is 0.338 e. The average Bonchev–Trinajstić information content (AvgIpc) is 3.38. The fourth-order valence-electron chi connectivity index (χ4n) is 5.55. The third-order valence-corrected chi connectivity index (χ3v) is 9.05. The number of allylic oxidation sites excluding steroid dienone is 2. The zero-order chi connectivity index (χ0) is 34.4. The maximum atomic E-state index is 14.3. The molecule has 0 saturated carbocycles. The molecule has 48 heavy (non-hydrogen) atoms. The number of carbonyl (C=O) groups excluding carboxylic acids is 1. The van der Waals surface area contributed by atoms with Gasteiger partial charge in [-0.3, -0.25) is 9.36 Å². The van der Waals surface area contributed by atoms with E-state index in [9.17, 15) is 9.59 Å². The molecule has 1 aliphatic heterocycles. The first-order valence-corrected chi connectivity index (χ1v) is 16.6. The van der Waals surface area contributed by atoms with E-state index in [2.05, 4.69) is 6.58 Å². The van der Waals surface area contributed by atoms with Crippen molar-refractivity contribution in [1.82, 2.24) is 4.57 Å². The molecule has 1 aliphatic rings. The van der Waals surface area contributed by atoms with E-state index < -0.39 is 12.0 Å². The minimum atomic E-state index is -0.848. The Labute approximate surface area is 288 Å². The van der Waals surface area contributed by atoms with Gasteiger partial charge in [0.2, 0.25) is 0 Å². The molecule has 250 valence electrons. The monoisotopic (exact) mass is 688 g/mol. The molecule has 0 bridgehead atoms. The van der Waals surface area contributed by atoms with E-state index in [0.717, 1.165) is 16.7 Å². The molecule has 0 radical (unpaired) electrons. The van der Waals surface area contributed by atoms with E-state index in [0.29, 0.717) is 61.6 Å². The SMILES string of the molecule is C=CCc1cc(/C=c2/sc3n(c2=O)[C@@H](c2ccc(OC)cc2OC)C(C(=O)OCC)=C(C)N=3)cc(OCC)c1OCc1ccccc1Cl. The van der Waals surface area contributed by atoms with Gasteiger partial charge in [0.05, 0.1) is 43.2 Å². The van der Waals surface area contributed by atoms with Gasteiger partial charge in [0.1, 0.15) is 24.1 Å². The number of rotatable bonds is 13. The van der Waals surface area contributed by atoms with E-state index in [-0.39, 0.29) is 24.3 Å². The largest absolute Gasteiger partial charge is 0.497 e. The molecule has 2 heterocycles. The van der Waals surface area contributed by atoms with E-state index >= 15 is 0 Å². The summed E-state index contributed by atoms with van der Waals surface area (Å²) in [5.74, 6) is 1.58. The number of fused-ring (bicyclic) bond motifs is 1. The van der Waals surface area contributed by atoms with Crippen LogP contribution >= 0.6 is 22.9 Å². The molecule has 0 fully saturated rings. The summed E-state index contributed by atoms with van der Waals surface area (Å²) in [7, 11) is 3.09. The van der Waals surface area contributed by atoms with Crippen molar-refractivity contribution in [2.75, 3.05) is 27.4 Å². The highest BCUT2D eigenvalue weighted by atomic mass is 35.5. The lowest BCUT2D eigenvalue weighted by atomic mass is 9.95. The van der Waals surface area contributed by atoms with Crippen LogP contribution < -0.4 is 33.8 Å². The lowest BCUT2D eigenvalue weighted by Gasteiger charge is -2.26. The van der Waals surface area contributed by atoms with Crippen LogP contribution in [-0.2, 0) is 22.6 Å². The molecule has 1 aromatic heterocycles. The van der Waals surface area contributed by atoms with Gasteiger partial charge >= 0.3 is 5.97 Å². The number of halogens is 1. The lowest BCUT2D eigenvalue weighted by Crippen LogP contribution is -2.40. The van der Waals surface area contributed by atoms with Gasteiger partial charge in [0, 0.05) is 27.8 Å². The Hall–Kier alpha value is -4.80. The van der Waals surface area contributed by atoms with Crippen LogP contribution in [0, 0.1) is 0 Å². The highest BCUT2D eigenvalue weighted by molar-refractivity contribution is 7.07. The fourth-order valence-corrected chi connectivity index (χ4v) is 6.78. The van der Waals surface area contributed by atoms with Crippen LogP contribution in [-0.4, -0.2) is 38.0 Å². The Bertz CT molecular complexity index is 2060. The molecular formula is C37H37ClN2O7S. The standard InChI is InChI=1S/C37H37ClN2O7S/c1-7-12-24-17-23(18-30(45-8-2)34(24)47-21-25-13-10-11-14-28(25)38)19-31-35(41)40-33(27-16-15-26(43-5)20-29(27)44-6)32(36(42)46-9-3)22(4)39-37(40)48-31/h7,10-11,13-20,33H,1,8-9,12,21H2,2-6H3/b31-19+/t33-/m0/s1. The molecule has 1 atom stereocenters. The number of thiazole rings is 1. The first-order chi connectivity index (χ1) is 23.2. The summed E-state index contributed by atoms with van der Waals surface area (Å²) in [6.45, 7) is 10.1. The minimum Gasteiger partial charge on any atom is -0.497 e. The van der Waals surface area contributed by atoms with Crippen molar-refractivity contribution in [2.45, 2.75) is 39.8 Å². The topological polar surface area (TPSA) is 97.6 Å². The third kappa shape index (κ3) is 7.05. The van der Waals surface area contributed by atoms with Gasteiger partial charge < -0.3 is 23.7 Å². The Morgan fingerprint density at radius 3 is 2.50 bits per heavy atom. The van der Waals surface area contributed by atoms with Crippen LogP contribution in [0.3, 0.4) is 0 Å². The maximum absolute atomic E-state index is 14.3. The van der Waals surface area contributed by atoms with Crippen molar-refractivity contribution in [1.29, 1.82) is 0 Å². The van der Waals surface area contributed by atoms with E-state index in [1.165, 1.54) is 23.0 Å². The zero-order valence-electron chi connectivity index (χ0n) is 27.5. The van der Waals surface area contributed by atoms with Gasteiger partial charge in [0.15, 0.2) is 16.3 Å². The summed E-state index contributed by atoms with van der Waals surface area (Å²) in [5.41, 5.74) is 3.39. The van der Waals surface area contributed by atoms with E-state index in [4.69, 9.17) is 40.3 Å². The highest BCUT2D eigenvalue weighted by Gasteiger charge is 2.35. The average molecular weight is 689 g/mol. The molecule has 0 spiro atoms. The molecule has 9 nitrogen and oxygen atoms in total. The van der Waals surface area contributed by atoms with Crippen molar-refractivity contribution in [2.24, 2.45) is 4.99 Å². The van der Waals surface area contributed by atoms with Crippen molar-refractivity contribution in [3.8, 4) is 23.0 Å². The van der Waals surface area contributed by atoms with E-state index in [1.807, 2.05) is 43.3 Å². The summed E-state index contributed by atoms with van der Waals surface area (Å²) in [4.78, 5) is 32.8. The quantitative estimate of drug-likeness (QED) is 0.122. The Morgan fingerprint density at radius 2 is 1.81 bits per heavy atom. The Balaban J connectivity index is 1.66. The van der Waals surface area contributed by atoms with Crippen LogP contribution in [0.25, 0.3) is 6.08 Å². The second-order valence-electron chi connectivity index (χ2n) is 10.7. The number of aromatic nitrogens is 1. The van der Waals surface area contributed by atoms with Crippen LogP contribution in [0.5, 0.6) is 23.0 Å². The smallest absolute Gasteiger partial charge is 0.338 e. The summed E-state index contributed by atoms with van der Waals surface area (Å²) in [6, 6.07) is 15.7. The van der Waals surface area contributed by atoms with Crippen LogP contribution in [0.15, 0.2) is 88.3 Å². The van der Waals surface area contributed by atoms with Gasteiger partial charge in [-0.15, -0.1) is 6.58 Å². The number of benzene rings is 3. The fraction of sp³-hybridized carbons (Fsp3) is 0.270. The van der Waals surface area contributed by atoms with Crippen molar-refractivity contribution in [3.05, 3.63) is 125 Å². The molecule has 0 aliphatic carbocycles. The molecular weight excluding hydrogens is 652 g/mol. The summed E-state index contributed by atoms with van der Waals surface area (Å²) in [5, 5.41) is 0.611. The van der Waals surface area contributed by atoms with Gasteiger partial charge in [-0.2, -0.15) is 0 Å². The molecule has 0 amide bonds. The second-order valence-corrected chi connectivity index (χ2v) is 12.1. The summed E-state index contributed by atoms with van der Waals surface area (Å²) in [6.07, 6.45) is 4.08. The normalized spacial score (nSPS) is 14.2. The van der Waals surface area contributed by atoms with Crippen molar-refractivity contribution < 1.29 is 28.5 Å². The lowest BCUT2D eigenvalue weighted by molar-refractivity contribution is -0.139. The van der Waals surface area contributed by atoms with Gasteiger partial charge in [-0.05, 0) is 69.2 Å². The number of carbonyl (C=O) groups is 1. The van der Waals surface area contributed by atoms with Gasteiger partial charge in [0.25, 0.3) is 5.56 Å². The molecule has 3 aromatic carbocycles. The molecule has 0 unspecified atom stereocenters. The number of hydrogen-bond donors (Lipinski definition) is 0. The minimum absolute atomic E-state index is 0.166. The molecule has 4 aromatic rings. The molecule has 0 saturated heterocycles. The van der Waals surface area contributed by atoms with Gasteiger partial charge in [-0.25, -0.2) is 9.79 Å². The number of nitrogens with zero attached hydrogens (tertiary/aromatic N) is 2. The Morgan fingerprint density at radius 1 is 1.02 bits per heavy atom. The third-order valence-electron chi connectivity index (χ3n) is 7.70. The highest BCUT2D eigenvalue weighted by Crippen LogP contribution is 2.38. The molecule has 11 heteroatoms. The van der Waals surface area contributed by atoms with Crippen LogP contribution in [0.1, 0.15) is 49.1 Å². The predicted molar refractivity (Wildman–Crippen MR) is 187 cm³/mol. The van der Waals surface area contributed by atoms with E-state index in [1.54, 1.807) is 51.3 Å². The second kappa shape index (κ2) is 15.4. The zero-order valence-corrected chi connectivity index (χ0v) is 29.1. The van der Waals surface area contributed by atoms with Crippen molar-refractivity contribution >= 4 is 35.0 Å². The summed E-state index contributed by atoms with van der Waals surface area (Å²) >= 11 is 7.61. The number of ether oxygens (including phenoxy) is 5. The number of methoxy groups -OCH3 is 2. The Kier molecular flexibility index (Phi) is 11.1. The summed E-state index contributed by atoms with van der Waals surface area (Å²) < 4.78 is 30.8. The first-order valence-electron chi connectivity index (χ1n) is 15.4. The van der Waals surface area contributed by atoms with Crippen molar-refractivity contribution in [3.63, 3.8) is 0 Å². The van der Waals surface area contributed by atoms with Crippen LogP contribution in [0.4, 0.5) is 0 Å². The van der Waals surface area contributed by atoms with Gasteiger partial charge in [-0.1, -0.05) is 47.2 Å². The number of esters is 1. The molecule has 5 rings (SSSR count). The predicted octanol–water partition coefficient (Wildman–Crippen LogP) is 6.18. The number of hydrogen-bond acceptors (Lipinski definition) is 9.